The summed E-state index contributed by atoms with van der Waals surface area (Å²) in [6.45, 7) is 10.2. The van der Waals surface area contributed by atoms with E-state index in [2.05, 4.69) is 75.9 Å². The molecule has 0 nitrogen and oxygen atoms in total. The lowest BCUT2D eigenvalue weighted by molar-refractivity contribution is 0.945. The highest BCUT2D eigenvalue weighted by Gasteiger charge is 1.92. The summed E-state index contributed by atoms with van der Waals surface area (Å²) in [5.74, 6) is 0. The molecule has 0 saturated carbocycles. The Labute approximate surface area is 124 Å². The third-order valence-electron chi connectivity index (χ3n) is 3.21. The van der Waals surface area contributed by atoms with E-state index in [-0.39, 0.29) is 0 Å². The van der Waals surface area contributed by atoms with Gasteiger partial charge in [-0.15, -0.1) is 6.58 Å². The molecule has 0 amide bonds. The summed E-state index contributed by atoms with van der Waals surface area (Å²) in [6.07, 6.45) is 3.36. The summed E-state index contributed by atoms with van der Waals surface area (Å²) in [5, 5.41) is 0. The average Bonchev–Trinajstić information content (AvgIpc) is 2.48. The summed E-state index contributed by atoms with van der Waals surface area (Å²) in [4.78, 5) is 0. The van der Waals surface area contributed by atoms with Crippen LogP contribution in [0.1, 0.15) is 37.0 Å². The molecular formula is C20H26. The zero-order valence-corrected chi connectivity index (χ0v) is 13.0. The van der Waals surface area contributed by atoms with Crippen molar-refractivity contribution in [2.75, 3.05) is 0 Å². The quantitative estimate of drug-likeness (QED) is 0.618. The second-order valence-corrected chi connectivity index (χ2v) is 5.28. The molecule has 0 aromatic heterocycles. The number of rotatable bonds is 4. The van der Waals surface area contributed by atoms with Crippen molar-refractivity contribution in [3.63, 3.8) is 0 Å². The van der Waals surface area contributed by atoms with Crippen molar-refractivity contribution in [3.8, 4) is 0 Å². The van der Waals surface area contributed by atoms with E-state index in [1.54, 1.807) is 0 Å². The first-order chi connectivity index (χ1) is 9.61. The van der Waals surface area contributed by atoms with E-state index in [0.29, 0.717) is 0 Å². The van der Waals surface area contributed by atoms with Gasteiger partial charge in [0, 0.05) is 0 Å². The second-order valence-electron chi connectivity index (χ2n) is 5.28. The molecule has 0 heteroatoms. The van der Waals surface area contributed by atoms with Crippen molar-refractivity contribution in [1.29, 1.82) is 0 Å². The molecule has 0 atom stereocenters. The van der Waals surface area contributed by atoms with Gasteiger partial charge in [0.25, 0.3) is 0 Å². The Morgan fingerprint density at radius 2 is 1.50 bits per heavy atom. The molecule has 2 aromatic carbocycles. The number of benzene rings is 2. The number of hydrogen-bond donors (Lipinski definition) is 0. The Balaban J connectivity index is 0.000000217. The van der Waals surface area contributed by atoms with Gasteiger partial charge in [-0.3, -0.25) is 0 Å². The normalized spacial score (nSPS) is 9.55. The van der Waals surface area contributed by atoms with Crippen molar-refractivity contribution >= 4 is 0 Å². The first kappa shape index (κ1) is 16.2. The first-order valence-electron chi connectivity index (χ1n) is 7.35. The fourth-order valence-corrected chi connectivity index (χ4v) is 1.83. The minimum atomic E-state index is 1.10. The van der Waals surface area contributed by atoms with Crippen LogP contribution in [0.5, 0.6) is 0 Å². The van der Waals surface area contributed by atoms with E-state index >= 15 is 0 Å². The van der Waals surface area contributed by atoms with E-state index in [0.717, 1.165) is 19.3 Å². The van der Waals surface area contributed by atoms with Gasteiger partial charge in [0.1, 0.15) is 0 Å². The Morgan fingerprint density at radius 3 is 1.95 bits per heavy atom. The lowest BCUT2D eigenvalue weighted by atomic mass is 10.1. The van der Waals surface area contributed by atoms with E-state index in [4.69, 9.17) is 0 Å². The molecule has 0 aliphatic rings. The molecule has 0 aliphatic carbocycles. The molecule has 106 valence electrons. The van der Waals surface area contributed by atoms with Gasteiger partial charge in [-0.1, -0.05) is 72.7 Å². The summed E-state index contributed by atoms with van der Waals surface area (Å²) in [7, 11) is 0. The molecule has 0 aliphatic heterocycles. The maximum absolute atomic E-state index is 3.89. The van der Waals surface area contributed by atoms with Crippen LogP contribution < -0.4 is 0 Å². The zero-order chi connectivity index (χ0) is 14.8. The van der Waals surface area contributed by atoms with Crippen LogP contribution in [0, 0.1) is 6.92 Å². The molecule has 0 fully saturated rings. The molecular weight excluding hydrogens is 240 g/mol. The Bertz CT molecular complexity index is 491. The topological polar surface area (TPSA) is 0 Å². The average molecular weight is 266 g/mol. The van der Waals surface area contributed by atoms with Crippen LogP contribution in [-0.2, 0) is 12.8 Å². The Hall–Kier alpha value is -1.82. The van der Waals surface area contributed by atoms with Crippen LogP contribution in [-0.4, -0.2) is 0 Å². The molecule has 0 saturated heterocycles. The van der Waals surface area contributed by atoms with Gasteiger partial charge >= 0.3 is 0 Å². The summed E-state index contributed by atoms with van der Waals surface area (Å²) < 4.78 is 0. The van der Waals surface area contributed by atoms with Crippen LogP contribution in [0.15, 0.2) is 66.7 Å². The van der Waals surface area contributed by atoms with Crippen molar-refractivity contribution < 1.29 is 0 Å². The Kier molecular flexibility index (Phi) is 7.42. The van der Waals surface area contributed by atoms with Gasteiger partial charge in [-0.05, 0) is 44.2 Å². The van der Waals surface area contributed by atoms with Crippen molar-refractivity contribution in [2.24, 2.45) is 0 Å². The third-order valence-corrected chi connectivity index (χ3v) is 3.21. The fourth-order valence-electron chi connectivity index (χ4n) is 1.83. The van der Waals surface area contributed by atoms with Crippen LogP contribution in [0.25, 0.3) is 0 Å². The van der Waals surface area contributed by atoms with E-state index in [1.807, 2.05) is 6.07 Å². The maximum atomic E-state index is 3.89. The van der Waals surface area contributed by atoms with Crippen molar-refractivity contribution in [1.82, 2.24) is 0 Å². The van der Waals surface area contributed by atoms with Crippen LogP contribution in [0.4, 0.5) is 0 Å². The first-order valence-corrected chi connectivity index (χ1v) is 7.35. The van der Waals surface area contributed by atoms with Crippen molar-refractivity contribution in [3.05, 3.63) is 83.4 Å². The molecule has 0 N–H and O–H groups in total. The van der Waals surface area contributed by atoms with Crippen LogP contribution in [0.3, 0.4) is 0 Å². The standard InChI is InChI=1S/C12H16.C8H10/c1-10(2)4-7-12-8-5-11(3)6-9-12;1-2-8-6-4-3-5-7-8/h5-6,8-9H,1,4,7H2,2-3H3;3-7H,2H2,1H3. The molecule has 0 radical (unpaired) electrons. The second kappa shape index (κ2) is 9.14. The highest BCUT2D eigenvalue weighted by molar-refractivity contribution is 5.21. The van der Waals surface area contributed by atoms with E-state index < -0.39 is 0 Å². The van der Waals surface area contributed by atoms with E-state index in [9.17, 15) is 0 Å². The molecule has 0 heterocycles. The minimum absolute atomic E-state index is 1.10. The van der Waals surface area contributed by atoms with Crippen LogP contribution in [0.2, 0.25) is 0 Å². The zero-order valence-electron chi connectivity index (χ0n) is 13.0. The molecule has 2 aromatic rings. The molecule has 0 bridgehead atoms. The van der Waals surface area contributed by atoms with Gasteiger partial charge in [-0.2, -0.15) is 0 Å². The largest absolute Gasteiger partial charge is 0.100 e. The maximum Gasteiger partial charge on any atom is -0.0242 e. The molecule has 20 heavy (non-hydrogen) atoms. The Morgan fingerprint density at radius 1 is 0.900 bits per heavy atom. The minimum Gasteiger partial charge on any atom is -0.100 e. The van der Waals surface area contributed by atoms with Gasteiger partial charge < -0.3 is 0 Å². The SMILES string of the molecule is C=C(C)CCc1ccc(C)cc1.CCc1ccccc1. The van der Waals surface area contributed by atoms with Crippen LogP contribution >= 0.6 is 0 Å². The number of aryl methyl sites for hydroxylation is 3. The fraction of sp³-hybridized carbons (Fsp3) is 0.300. The van der Waals surface area contributed by atoms with Gasteiger partial charge in [0.2, 0.25) is 0 Å². The van der Waals surface area contributed by atoms with Gasteiger partial charge in [0.05, 0.1) is 0 Å². The predicted molar refractivity (Wildman–Crippen MR) is 90.1 cm³/mol. The monoisotopic (exact) mass is 266 g/mol. The lowest BCUT2D eigenvalue weighted by Gasteiger charge is -2.00. The number of hydrogen-bond acceptors (Lipinski definition) is 0. The molecule has 0 spiro atoms. The highest BCUT2D eigenvalue weighted by Crippen LogP contribution is 2.08. The van der Waals surface area contributed by atoms with Crippen molar-refractivity contribution in [2.45, 2.75) is 40.0 Å². The smallest absolute Gasteiger partial charge is 0.0242 e. The number of allylic oxidation sites excluding steroid dienone is 1. The summed E-state index contributed by atoms with van der Waals surface area (Å²) in [5.41, 5.74) is 5.40. The summed E-state index contributed by atoms with van der Waals surface area (Å²) in [6, 6.07) is 19.2. The van der Waals surface area contributed by atoms with Gasteiger partial charge in [-0.25, -0.2) is 0 Å². The third kappa shape index (κ3) is 6.94. The molecule has 2 rings (SSSR count). The highest BCUT2D eigenvalue weighted by atomic mass is 14.0. The van der Waals surface area contributed by atoms with E-state index in [1.165, 1.54) is 22.3 Å². The molecule has 0 unspecified atom stereocenters. The predicted octanol–water partition coefficient (Wildman–Crippen LogP) is 5.75. The lowest BCUT2D eigenvalue weighted by Crippen LogP contribution is -1.85. The van der Waals surface area contributed by atoms with Gasteiger partial charge in [0.15, 0.2) is 0 Å². The summed E-state index contributed by atoms with van der Waals surface area (Å²) >= 11 is 0.